The molecule has 4 nitrogen and oxygen atoms in total. The zero-order valence-electron chi connectivity index (χ0n) is 12.6. The number of thiazole rings is 1. The molecule has 122 valence electrons. The van der Waals surface area contributed by atoms with Gasteiger partial charge in [0.25, 0.3) is 0 Å². The minimum absolute atomic E-state index is 0.294. The topological polar surface area (TPSA) is 48.4 Å². The SMILES string of the molecule is O=Cc1ccc(OCc2csc(COc3ccc(F)cc3)n2)cc1. The molecule has 0 spiro atoms. The zero-order valence-corrected chi connectivity index (χ0v) is 13.5. The summed E-state index contributed by atoms with van der Waals surface area (Å²) in [5.41, 5.74) is 1.41. The summed E-state index contributed by atoms with van der Waals surface area (Å²) in [6.45, 7) is 0.664. The Morgan fingerprint density at radius 3 is 2.25 bits per heavy atom. The fourth-order valence-corrected chi connectivity index (χ4v) is 2.65. The molecule has 0 aliphatic rings. The van der Waals surface area contributed by atoms with Crippen molar-refractivity contribution in [1.82, 2.24) is 4.98 Å². The van der Waals surface area contributed by atoms with Crippen LogP contribution in [0.2, 0.25) is 0 Å². The molecule has 24 heavy (non-hydrogen) atoms. The lowest BCUT2D eigenvalue weighted by Gasteiger charge is -2.04. The van der Waals surface area contributed by atoms with Gasteiger partial charge in [0.1, 0.15) is 41.8 Å². The minimum atomic E-state index is -0.294. The van der Waals surface area contributed by atoms with Crippen LogP contribution in [-0.2, 0) is 13.2 Å². The van der Waals surface area contributed by atoms with E-state index in [1.165, 1.54) is 23.5 Å². The highest BCUT2D eigenvalue weighted by molar-refractivity contribution is 7.09. The predicted octanol–water partition coefficient (Wildman–Crippen LogP) is 4.25. The molecule has 6 heteroatoms. The second-order valence-corrected chi connectivity index (χ2v) is 5.89. The summed E-state index contributed by atoms with van der Waals surface area (Å²) in [5, 5.41) is 2.72. The lowest BCUT2D eigenvalue weighted by molar-refractivity contribution is 0.112. The number of hydrogen-bond donors (Lipinski definition) is 0. The molecule has 0 aliphatic heterocycles. The number of nitrogens with zero attached hydrogens (tertiary/aromatic N) is 1. The third kappa shape index (κ3) is 4.39. The number of carbonyl (C=O) groups excluding carboxylic acids is 1. The average Bonchev–Trinajstić information content (AvgIpc) is 3.08. The summed E-state index contributed by atoms with van der Waals surface area (Å²) in [6.07, 6.45) is 0.789. The lowest BCUT2D eigenvalue weighted by atomic mass is 10.2. The fourth-order valence-electron chi connectivity index (χ4n) is 1.96. The monoisotopic (exact) mass is 343 g/mol. The number of carbonyl (C=O) groups is 1. The standard InChI is InChI=1S/C18H14FNO3S/c19-14-3-7-17(8-4-14)23-11-18-20-15(12-24-18)10-22-16-5-1-13(9-21)2-6-16/h1-9,12H,10-11H2. The Hall–Kier alpha value is -2.73. The Balaban J connectivity index is 1.51. The van der Waals surface area contributed by atoms with Crippen LogP contribution in [0.3, 0.4) is 0 Å². The largest absolute Gasteiger partial charge is 0.487 e. The summed E-state index contributed by atoms with van der Waals surface area (Å²) in [6, 6.07) is 12.8. The fraction of sp³-hybridized carbons (Fsp3) is 0.111. The van der Waals surface area contributed by atoms with Crippen molar-refractivity contribution in [1.29, 1.82) is 0 Å². The van der Waals surface area contributed by atoms with Gasteiger partial charge in [0.2, 0.25) is 0 Å². The highest BCUT2D eigenvalue weighted by Gasteiger charge is 2.05. The van der Waals surface area contributed by atoms with E-state index in [2.05, 4.69) is 4.98 Å². The second kappa shape index (κ2) is 7.70. The molecule has 2 aromatic carbocycles. The molecule has 0 atom stereocenters. The van der Waals surface area contributed by atoms with Crippen LogP contribution >= 0.6 is 11.3 Å². The van der Waals surface area contributed by atoms with E-state index in [0.717, 1.165) is 17.0 Å². The average molecular weight is 343 g/mol. The summed E-state index contributed by atoms with van der Waals surface area (Å²) in [4.78, 5) is 15.0. The highest BCUT2D eigenvalue weighted by Crippen LogP contribution is 2.18. The summed E-state index contributed by atoms with van der Waals surface area (Å²) in [7, 11) is 0. The van der Waals surface area contributed by atoms with Crippen LogP contribution < -0.4 is 9.47 Å². The normalized spacial score (nSPS) is 10.4. The number of rotatable bonds is 7. The number of ether oxygens (including phenoxy) is 2. The Bertz CT molecular complexity index is 800. The van der Waals surface area contributed by atoms with Crippen molar-refractivity contribution in [3.8, 4) is 11.5 Å². The molecule has 1 aromatic heterocycles. The Kier molecular flexibility index (Phi) is 5.18. The number of hydrogen-bond acceptors (Lipinski definition) is 5. The number of aldehydes is 1. The molecule has 0 saturated carbocycles. The van der Waals surface area contributed by atoms with Gasteiger partial charge < -0.3 is 9.47 Å². The van der Waals surface area contributed by atoms with Gasteiger partial charge in [0.15, 0.2) is 0 Å². The molecular formula is C18H14FNO3S. The van der Waals surface area contributed by atoms with Gasteiger partial charge in [-0.05, 0) is 48.5 Å². The van der Waals surface area contributed by atoms with Gasteiger partial charge in [-0.25, -0.2) is 9.37 Å². The Labute approximate surface area is 142 Å². The third-order valence-electron chi connectivity index (χ3n) is 3.18. The minimum Gasteiger partial charge on any atom is -0.487 e. The van der Waals surface area contributed by atoms with Gasteiger partial charge in [-0.1, -0.05) is 0 Å². The molecule has 0 saturated heterocycles. The van der Waals surface area contributed by atoms with Gasteiger partial charge in [0, 0.05) is 10.9 Å². The number of benzene rings is 2. The van der Waals surface area contributed by atoms with E-state index in [1.807, 2.05) is 5.38 Å². The zero-order chi connectivity index (χ0) is 16.8. The van der Waals surface area contributed by atoms with Crippen LogP contribution in [0.25, 0.3) is 0 Å². The first-order chi connectivity index (χ1) is 11.7. The van der Waals surface area contributed by atoms with Gasteiger partial charge in [-0.15, -0.1) is 11.3 Å². The van der Waals surface area contributed by atoms with Crippen LogP contribution in [0, 0.1) is 5.82 Å². The molecule has 3 aromatic rings. The van der Waals surface area contributed by atoms with E-state index >= 15 is 0 Å². The Morgan fingerprint density at radius 2 is 1.58 bits per heavy atom. The van der Waals surface area contributed by atoms with Crippen molar-refractivity contribution in [3.63, 3.8) is 0 Å². The van der Waals surface area contributed by atoms with Crippen LogP contribution in [-0.4, -0.2) is 11.3 Å². The van der Waals surface area contributed by atoms with E-state index in [0.29, 0.717) is 30.3 Å². The van der Waals surface area contributed by atoms with E-state index in [1.54, 1.807) is 36.4 Å². The van der Waals surface area contributed by atoms with Gasteiger partial charge in [-0.3, -0.25) is 4.79 Å². The van der Waals surface area contributed by atoms with E-state index in [-0.39, 0.29) is 5.82 Å². The van der Waals surface area contributed by atoms with E-state index in [9.17, 15) is 9.18 Å². The summed E-state index contributed by atoms with van der Waals surface area (Å²) in [5.74, 6) is 0.981. The lowest BCUT2D eigenvalue weighted by Crippen LogP contribution is -1.98. The molecule has 0 N–H and O–H groups in total. The van der Waals surface area contributed by atoms with Crippen LogP contribution in [0.15, 0.2) is 53.9 Å². The first kappa shape index (κ1) is 16.1. The summed E-state index contributed by atoms with van der Waals surface area (Å²) < 4.78 is 24.0. The molecule has 3 rings (SSSR count). The smallest absolute Gasteiger partial charge is 0.150 e. The van der Waals surface area contributed by atoms with Crippen molar-refractivity contribution >= 4 is 17.6 Å². The molecule has 0 radical (unpaired) electrons. The van der Waals surface area contributed by atoms with Gasteiger partial charge in [-0.2, -0.15) is 0 Å². The van der Waals surface area contributed by atoms with Crippen molar-refractivity contribution in [3.05, 3.63) is 76.0 Å². The van der Waals surface area contributed by atoms with Crippen molar-refractivity contribution in [2.75, 3.05) is 0 Å². The van der Waals surface area contributed by atoms with Crippen molar-refractivity contribution < 1.29 is 18.7 Å². The van der Waals surface area contributed by atoms with Crippen LogP contribution in [0.5, 0.6) is 11.5 Å². The number of halogens is 1. The quantitative estimate of drug-likeness (QED) is 0.602. The van der Waals surface area contributed by atoms with Crippen molar-refractivity contribution in [2.45, 2.75) is 13.2 Å². The molecular weight excluding hydrogens is 329 g/mol. The first-order valence-corrected chi connectivity index (χ1v) is 8.10. The van der Waals surface area contributed by atoms with Gasteiger partial charge >= 0.3 is 0 Å². The maximum Gasteiger partial charge on any atom is 0.150 e. The highest BCUT2D eigenvalue weighted by atomic mass is 32.1. The Morgan fingerprint density at radius 1 is 0.958 bits per heavy atom. The van der Waals surface area contributed by atoms with Gasteiger partial charge in [0.05, 0.1) is 5.69 Å². The van der Waals surface area contributed by atoms with E-state index < -0.39 is 0 Å². The predicted molar refractivity (Wildman–Crippen MR) is 89.0 cm³/mol. The molecule has 0 bridgehead atoms. The maximum atomic E-state index is 12.8. The molecule has 0 amide bonds. The molecule has 0 fully saturated rings. The molecule has 0 aliphatic carbocycles. The van der Waals surface area contributed by atoms with Crippen LogP contribution in [0.1, 0.15) is 21.1 Å². The van der Waals surface area contributed by atoms with Crippen molar-refractivity contribution in [2.24, 2.45) is 0 Å². The number of aromatic nitrogens is 1. The maximum absolute atomic E-state index is 12.8. The molecule has 1 heterocycles. The second-order valence-electron chi connectivity index (χ2n) is 4.95. The first-order valence-electron chi connectivity index (χ1n) is 7.22. The summed E-state index contributed by atoms with van der Waals surface area (Å²) >= 11 is 1.48. The van der Waals surface area contributed by atoms with E-state index in [4.69, 9.17) is 9.47 Å². The third-order valence-corrected chi connectivity index (χ3v) is 4.05. The molecule has 0 unspecified atom stereocenters. The van der Waals surface area contributed by atoms with Crippen LogP contribution in [0.4, 0.5) is 4.39 Å².